The fraction of sp³-hybridized carbons (Fsp3) is 0.533. The van der Waals surface area contributed by atoms with Gasteiger partial charge in [0.05, 0.1) is 18.3 Å². The van der Waals surface area contributed by atoms with Gasteiger partial charge in [-0.15, -0.1) is 11.8 Å². The van der Waals surface area contributed by atoms with Gasteiger partial charge in [-0.05, 0) is 31.7 Å². The maximum absolute atomic E-state index is 9.13. The Kier molecular flexibility index (Phi) is 5.36. The van der Waals surface area contributed by atoms with Crippen molar-refractivity contribution in [1.29, 1.82) is 0 Å². The number of anilines is 1. The third kappa shape index (κ3) is 3.44. The molecule has 2 atom stereocenters. The highest BCUT2D eigenvalue weighted by Gasteiger charge is 2.27. The first-order valence-electron chi connectivity index (χ1n) is 7.20. The largest absolute Gasteiger partial charge is 0.409 e. The van der Waals surface area contributed by atoms with E-state index in [9.17, 15) is 0 Å². The van der Waals surface area contributed by atoms with Crippen LogP contribution in [0.1, 0.15) is 26.3 Å². The topological polar surface area (TPSA) is 71.1 Å². The first-order valence-corrected chi connectivity index (χ1v) is 8.19. The Hall–Kier alpha value is -1.40. The van der Waals surface area contributed by atoms with E-state index in [1.807, 2.05) is 18.2 Å². The summed E-state index contributed by atoms with van der Waals surface area (Å²) in [6.45, 7) is 7.76. The minimum absolute atomic E-state index is 0.160. The lowest BCUT2D eigenvalue weighted by molar-refractivity contribution is 0.0343. The molecule has 0 spiro atoms. The first kappa shape index (κ1) is 16.0. The highest BCUT2D eigenvalue weighted by Crippen LogP contribution is 2.33. The van der Waals surface area contributed by atoms with Gasteiger partial charge in [0.25, 0.3) is 0 Å². The number of thioether (sulfide) groups is 1. The maximum atomic E-state index is 9.13. The Labute approximate surface area is 130 Å². The van der Waals surface area contributed by atoms with Gasteiger partial charge in [0.1, 0.15) is 0 Å². The molecule has 1 aliphatic heterocycles. The summed E-state index contributed by atoms with van der Waals surface area (Å²) < 4.78 is 5.69. The van der Waals surface area contributed by atoms with E-state index in [1.165, 1.54) is 0 Å². The zero-order valence-corrected chi connectivity index (χ0v) is 13.6. The highest BCUT2D eigenvalue weighted by molar-refractivity contribution is 7.99. The van der Waals surface area contributed by atoms with Crippen LogP contribution in [0.3, 0.4) is 0 Å². The third-order valence-electron chi connectivity index (χ3n) is 3.59. The molecule has 0 radical (unpaired) electrons. The van der Waals surface area contributed by atoms with Crippen molar-refractivity contribution in [2.24, 2.45) is 10.9 Å². The summed E-state index contributed by atoms with van der Waals surface area (Å²) >= 11 is 1.70. The highest BCUT2D eigenvalue weighted by atomic mass is 32.2. The quantitative estimate of drug-likeness (QED) is 0.294. The van der Waals surface area contributed by atoms with Gasteiger partial charge in [-0.25, -0.2) is 0 Å². The molecule has 0 aliphatic carbocycles. The van der Waals surface area contributed by atoms with Crippen molar-refractivity contribution in [2.45, 2.75) is 37.8 Å². The molecular weight excluding hydrogens is 286 g/mol. The number of benzene rings is 1. The summed E-state index contributed by atoms with van der Waals surface area (Å²) in [7, 11) is 0. The van der Waals surface area contributed by atoms with E-state index in [0.29, 0.717) is 6.61 Å². The number of nitrogens with two attached hydrogens (primary N) is 1. The van der Waals surface area contributed by atoms with Crippen LogP contribution in [0, 0.1) is 0 Å². The minimum Gasteiger partial charge on any atom is -0.409 e. The Morgan fingerprint density at radius 3 is 2.95 bits per heavy atom. The molecule has 1 fully saturated rings. The fourth-order valence-corrected chi connectivity index (χ4v) is 3.42. The van der Waals surface area contributed by atoms with Gasteiger partial charge in [0.15, 0.2) is 5.84 Å². The number of hydrogen-bond donors (Lipinski definition) is 2. The Morgan fingerprint density at radius 1 is 1.52 bits per heavy atom. The second-order valence-corrected chi connectivity index (χ2v) is 6.52. The lowest BCUT2D eigenvalue weighted by Gasteiger charge is -2.39. The summed E-state index contributed by atoms with van der Waals surface area (Å²) in [4.78, 5) is 3.32. The van der Waals surface area contributed by atoms with E-state index in [0.717, 1.165) is 28.4 Å². The average molecular weight is 309 g/mol. The summed E-state index contributed by atoms with van der Waals surface area (Å²) in [5, 5.41) is 12.4. The molecular formula is C15H23N3O2S. The van der Waals surface area contributed by atoms with Crippen LogP contribution in [0.15, 0.2) is 28.3 Å². The van der Waals surface area contributed by atoms with Crippen LogP contribution in [0.25, 0.3) is 0 Å². The van der Waals surface area contributed by atoms with Crippen molar-refractivity contribution in [3.8, 4) is 0 Å². The van der Waals surface area contributed by atoms with Gasteiger partial charge in [0.2, 0.25) is 0 Å². The van der Waals surface area contributed by atoms with Crippen LogP contribution in [0.5, 0.6) is 0 Å². The SMILES string of the molecule is CCSc1cccc(N2CC(C)OCC2C)c1/C(N)=N/O. The molecule has 1 saturated heterocycles. The van der Waals surface area contributed by atoms with E-state index >= 15 is 0 Å². The smallest absolute Gasteiger partial charge is 0.173 e. The second-order valence-electron chi connectivity index (χ2n) is 5.21. The molecule has 2 rings (SSSR count). The second kappa shape index (κ2) is 7.04. The zero-order valence-electron chi connectivity index (χ0n) is 12.7. The predicted octanol–water partition coefficient (Wildman–Crippen LogP) is 2.51. The Balaban J connectivity index is 2.49. The molecule has 6 heteroatoms. The fourth-order valence-electron chi connectivity index (χ4n) is 2.58. The maximum Gasteiger partial charge on any atom is 0.173 e. The summed E-state index contributed by atoms with van der Waals surface area (Å²) in [5.41, 5.74) is 7.76. The van der Waals surface area contributed by atoms with Crippen LogP contribution >= 0.6 is 11.8 Å². The number of nitrogens with zero attached hydrogens (tertiary/aromatic N) is 2. The van der Waals surface area contributed by atoms with Gasteiger partial charge >= 0.3 is 0 Å². The number of ether oxygens (including phenoxy) is 1. The van der Waals surface area contributed by atoms with E-state index in [2.05, 4.69) is 30.8 Å². The van der Waals surface area contributed by atoms with Crippen LogP contribution in [0.2, 0.25) is 0 Å². The van der Waals surface area contributed by atoms with E-state index in [4.69, 9.17) is 15.7 Å². The van der Waals surface area contributed by atoms with E-state index < -0.39 is 0 Å². The molecule has 1 aliphatic rings. The molecule has 21 heavy (non-hydrogen) atoms. The summed E-state index contributed by atoms with van der Waals surface area (Å²) in [6.07, 6.45) is 0.170. The molecule has 0 bridgehead atoms. The number of oxime groups is 1. The van der Waals surface area contributed by atoms with Gasteiger partial charge in [0, 0.05) is 23.2 Å². The molecule has 1 heterocycles. The van der Waals surface area contributed by atoms with Gasteiger partial charge in [-0.3, -0.25) is 0 Å². The zero-order chi connectivity index (χ0) is 15.4. The van der Waals surface area contributed by atoms with Gasteiger partial charge in [-0.2, -0.15) is 0 Å². The summed E-state index contributed by atoms with van der Waals surface area (Å²) in [5.74, 6) is 1.09. The van der Waals surface area contributed by atoms with Crippen LogP contribution < -0.4 is 10.6 Å². The van der Waals surface area contributed by atoms with Gasteiger partial charge in [-0.1, -0.05) is 18.1 Å². The Morgan fingerprint density at radius 2 is 2.29 bits per heavy atom. The van der Waals surface area contributed by atoms with Crippen molar-refractivity contribution in [1.82, 2.24) is 0 Å². The van der Waals surface area contributed by atoms with Crippen molar-refractivity contribution in [2.75, 3.05) is 23.8 Å². The molecule has 116 valence electrons. The molecule has 5 nitrogen and oxygen atoms in total. The lowest BCUT2D eigenvalue weighted by atomic mass is 10.1. The minimum atomic E-state index is 0.160. The standard InChI is InChI=1S/C15H23N3O2S/c1-4-21-13-7-5-6-12(14(13)15(16)17-19)18-8-11(3)20-9-10(18)2/h5-7,10-11,19H,4,8-9H2,1-3H3,(H2,16,17). The average Bonchev–Trinajstić information content (AvgIpc) is 2.49. The molecule has 0 saturated carbocycles. The molecule has 0 amide bonds. The number of rotatable bonds is 4. The molecule has 3 N–H and O–H groups in total. The van der Waals surface area contributed by atoms with Crippen molar-refractivity contribution < 1.29 is 9.94 Å². The molecule has 1 aromatic carbocycles. The monoisotopic (exact) mass is 309 g/mol. The van der Waals surface area contributed by atoms with E-state index in [1.54, 1.807) is 11.8 Å². The van der Waals surface area contributed by atoms with Crippen molar-refractivity contribution in [3.05, 3.63) is 23.8 Å². The van der Waals surface area contributed by atoms with Crippen LogP contribution in [-0.4, -0.2) is 42.1 Å². The third-order valence-corrected chi connectivity index (χ3v) is 4.53. The number of hydrogen-bond acceptors (Lipinski definition) is 5. The van der Waals surface area contributed by atoms with E-state index in [-0.39, 0.29) is 18.0 Å². The summed E-state index contributed by atoms with van der Waals surface area (Å²) in [6, 6.07) is 6.32. The van der Waals surface area contributed by atoms with Gasteiger partial charge < -0.3 is 20.6 Å². The van der Waals surface area contributed by atoms with Crippen LogP contribution in [0.4, 0.5) is 5.69 Å². The Bertz CT molecular complexity index is 522. The molecule has 2 unspecified atom stereocenters. The predicted molar refractivity (Wildman–Crippen MR) is 87.6 cm³/mol. The number of amidine groups is 1. The van der Waals surface area contributed by atoms with Crippen LogP contribution in [-0.2, 0) is 4.74 Å². The van der Waals surface area contributed by atoms with Crippen molar-refractivity contribution >= 4 is 23.3 Å². The first-order chi connectivity index (χ1) is 10.1. The normalized spacial score (nSPS) is 23.4. The number of morpholine rings is 1. The van der Waals surface area contributed by atoms with Crippen molar-refractivity contribution in [3.63, 3.8) is 0 Å². The molecule has 1 aromatic rings. The lowest BCUT2D eigenvalue weighted by Crippen LogP contribution is -2.48. The molecule has 0 aromatic heterocycles.